The summed E-state index contributed by atoms with van der Waals surface area (Å²) in [6.07, 6.45) is 14.0. The first-order valence-corrected chi connectivity index (χ1v) is 23.6. The maximum atomic E-state index is 12.7. The number of esters is 2. The average molecular weight is 985 g/mol. The molecule has 2 fully saturated rings. The van der Waals surface area contributed by atoms with Crippen LogP contribution in [0.2, 0.25) is 0 Å². The molecule has 0 saturated heterocycles. The molecule has 12 nitrogen and oxygen atoms in total. The number of carbonyl (C=O) groups is 6. The Morgan fingerprint density at radius 3 is 1.10 bits per heavy atom. The molecule has 10 radical (unpaired) electrons. The molecule has 2 N–H and O–H groups in total. The third kappa shape index (κ3) is 20.8. The third-order valence-corrected chi connectivity index (χ3v) is 11.4. The van der Waals surface area contributed by atoms with Gasteiger partial charge in [-0.2, -0.15) is 23.5 Å². The van der Waals surface area contributed by atoms with Crippen LogP contribution in [0.3, 0.4) is 0 Å². The smallest absolute Gasteiger partial charge is 0.463 e. The molecule has 0 unspecified atom stereocenters. The van der Waals surface area contributed by atoms with Gasteiger partial charge in [0, 0.05) is 47.7 Å². The van der Waals surface area contributed by atoms with Crippen molar-refractivity contribution in [3.05, 3.63) is 207 Å². The SMILES string of the molecule is O=C(N[C@H](C(=O)OCCSCCC(=O)[C]1[CH][CH][CH][CH]1)c1ccccc1)OCc1ccccc1.O=C(N[C@H](C(=O)OCCSCCC(=O)[C]1[CH][CH][CH][CH]1)c1ccccc1)OCc1ccccc1.[Fe+2]. The molecule has 4 aromatic carbocycles. The predicted octanol–water partition coefficient (Wildman–Crippen LogP) is 8.59. The Balaban J connectivity index is 0.000000288. The van der Waals surface area contributed by atoms with E-state index in [1.54, 1.807) is 74.2 Å². The van der Waals surface area contributed by atoms with Crippen molar-refractivity contribution in [2.24, 2.45) is 0 Å². The molecule has 2 amide bonds. The number of thioether (sulfide) groups is 2. The number of nitrogens with one attached hydrogen (secondary N) is 2. The number of benzene rings is 4. The number of alkyl carbamates (subject to hydrolysis) is 2. The van der Waals surface area contributed by atoms with Crippen LogP contribution in [0.5, 0.6) is 0 Å². The first-order valence-electron chi connectivity index (χ1n) is 21.3. The van der Waals surface area contributed by atoms with Crippen molar-refractivity contribution in [1.82, 2.24) is 10.6 Å². The van der Waals surface area contributed by atoms with Gasteiger partial charge in [0.2, 0.25) is 0 Å². The predicted molar refractivity (Wildman–Crippen MR) is 255 cm³/mol. The minimum absolute atomic E-state index is 0. The number of rotatable bonds is 24. The van der Waals surface area contributed by atoms with Gasteiger partial charge in [-0.1, -0.05) is 121 Å². The van der Waals surface area contributed by atoms with Crippen LogP contribution in [-0.2, 0) is 68.4 Å². The van der Waals surface area contributed by atoms with Crippen molar-refractivity contribution in [3.63, 3.8) is 0 Å². The Hall–Kier alpha value is -5.08. The number of ketones is 2. The zero-order valence-corrected chi connectivity index (χ0v) is 39.4. The first kappa shape index (κ1) is 54.5. The number of Topliss-reactive ketones (excluding diaryl/α,β-unsaturated/α-hetero) is 2. The Morgan fingerprint density at radius 2 is 0.761 bits per heavy atom. The molecule has 2 aliphatic rings. The summed E-state index contributed by atoms with van der Waals surface area (Å²) in [5.74, 6) is 2.92. The van der Waals surface area contributed by atoms with Crippen molar-refractivity contribution < 1.29 is 64.8 Å². The van der Waals surface area contributed by atoms with E-state index in [4.69, 9.17) is 18.9 Å². The van der Waals surface area contributed by atoms with Crippen LogP contribution < -0.4 is 10.6 Å². The summed E-state index contributed by atoms with van der Waals surface area (Å²) in [6, 6.07) is 34.4. The molecule has 0 bridgehead atoms. The third-order valence-electron chi connectivity index (χ3n) is 9.55. The van der Waals surface area contributed by atoms with E-state index < -0.39 is 36.2 Å². The topological polar surface area (TPSA) is 163 Å². The van der Waals surface area contributed by atoms with E-state index in [0.717, 1.165) is 23.0 Å². The van der Waals surface area contributed by atoms with Gasteiger partial charge >= 0.3 is 41.2 Å². The Kier molecular flexibility index (Phi) is 25.9. The van der Waals surface area contributed by atoms with Crippen molar-refractivity contribution in [1.29, 1.82) is 0 Å². The fraction of sp³-hybridized carbons (Fsp3) is 0.231. The molecule has 67 heavy (non-hydrogen) atoms. The quantitative estimate of drug-likeness (QED) is 0.0298. The van der Waals surface area contributed by atoms with Gasteiger partial charge in [-0.05, 0) is 73.6 Å². The number of hydrogen-bond donors (Lipinski definition) is 2. The van der Waals surface area contributed by atoms with Gasteiger partial charge in [0.15, 0.2) is 12.1 Å². The van der Waals surface area contributed by atoms with E-state index in [9.17, 15) is 28.8 Å². The molecule has 348 valence electrons. The molecule has 0 aromatic heterocycles. The van der Waals surface area contributed by atoms with Gasteiger partial charge < -0.3 is 29.6 Å². The van der Waals surface area contributed by atoms with E-state index in [2.05, 4.69) is 10.6 Å². The van der Waals surface area contributed by atoms with Crippen molar-refractivity contribution in [2.45, 2.75) is 38.1 Å². The molecule has 2 aliphatic carbocycles. The normalized spacial score (nSPS) is 14.2. The van der Waals surface area contributed by atoms with Gasteiger partial charge in [-0.15, -0.1) is 0 Å². The molecule has 0 spiro atoms. The Bertz CT molecular complexity index is 1920. The zero-order chi connectivity index (χ0) is 46.6. The second kappa shape index (κ2) is 31.8. The van der Waals surface area contributed by atoms with E-state index in [0.29, 0.717) is 47.0 Å². The van der Waals surface area contributed by atoms with Crippen LogP contribution in [0.4, 0.5) is 9.59 Å². The summed E-state index contributed by atoms with van der Waals surface area (Å²) in [5, 5.41) is 5.20. The average Bonchev–Trinajstić information content (AvgIpc) is 4.11. The van der Waals surface area contributed by atoms with E-state index in [-0.39, 0.29) is 55.1 Å². The minimum atomic E-state index is -0.974. The number of amides is 2. The van der Waals surface area contributed by atoms with Crippen molar-refractivity contribution in [2.75, 3.05) is 36.2 Å². The van der Waals surface area contributed by atoms with Crippen molar-refractivity contribution >= 4 is 59.2 Å². The van der Waals surface area contributed by atoms with Gasteiger partial charge in [-0.3, -0.25) is 9.59 Å². The van der Waals surface area contributed by atoms with Crippen LogP contribution >= 0.6 is 23.5 Å². The molecular formula is C52H52FeN2O10S2+2. The molecule has 4 aromatic rings. The summed E-state index contributed by atoms with van der Waals surface area (Å²) in [6.45, 7) is 0.558. The number of hydrogen-bond acceptors (Lipinski definition) is 12. The maximum absolute atomic E-state index is 12.7. The fourth-order valence-corrected chi connectivity index (χ4v) is 7.59. The summed E-state index contributed by atoms with van der Waals surface area (Å²) in [4.78, 5) is 74.0. The molecule has 15 heteroatoms. The monoisotopic (exact) mass is 984 g/mol. The van der Waals surface area contributed by atoms with E-state index in [1.807, 2.05) is 98.5 Å². The van der Waals surface area contributed by atoms with Gasteiger partial charge in [0.05, 0.1) is 0 Å². The molecule has 0 heterocycles. The van der Waals surface area contributed by atoms with E-state index >= 15 is 0 Å². The van der Waals surface area contributed by atoms with Gasteiger partial charge in [-0.25, -0.2) is 19.2 Å². The van der Waals surface area contributed by atoms with Crippen LogP contribution in [0.25, 0.3) is 0 Å². The standard InChI is InChI=1S/2C26H26NO5S.Fe/c2*28-23(21-11-7-8-12-21)15-17-33-18-16-31-25(29)24(22-13-5-2-6-14-22)27-26(30)32-19-20-9-3-1-4-10-20;/h2*1-14,24H,15-19H2,(H,27,30);/q;;+2/t2*24-;/m00./s1. The largest absolute Gasteiger partial charge is 2.00 e. The minimum Gasteiger partial charge on any atom is -0.463 e. The fourth-order valence-electron chi connectivity index (χ4n) is 6.12. The van der Waals surface area contributed by atoms with Crippen LogP contribution in [0.15, 0.2) is 121 Å². The van der Waals surface area contributed by atoms with Gasteiger partial charge in [0.25, 0.3) is 0 Å². The Morgan fingerprint density at radius 1 is 0.433 bits per heavy atom. The Labute approximate surface area is 413 Å². The van der Waals surface area contributed by atoms with Gasteiger partial charge in [0.1, 0.15) is 38.0 Å². The van der Waals surface area contributed by atoms with E-state index in [1.165, 1.54) is 23.5 Å². The van der Waals surface area contributed by atoms with Crippen LogP contribution in [-0.4, -0.2) is 71.9 Å². The number of carbonyl (C=O) groups excluding carboxylic acids is 6. The summed E-state index contributed by atoms with van der Waals surface area (Å²) in [5.41, 5.74) is 2.90. The second-order valence-electron chi connectivity index (χ2n) is 14.4. The summed E-state index contributed by atoms with van der Waals surface area (Å²) >= 11 is 3.08. The van der Waals surface area contributed by atoms with Crippen LogP contribution in [0, 0.1) is 63.2 Å². The molecule has 0 aliphatic heterocycles. The van der Waals surface area contributed by atoms with Crippen molar-refractivity contribution in [3.8, 4) is 0 Å². The summed E-state index contributed by atoms with van der Waals surface area (Å²) < 4.78 is 21.3. The molecular weight excluding hydrogens is 933 g/mol. The number of ether oxygens (including phenoxy) is 4. The molecule has 2 atom stereocenters. The summed E-state index contributed by atoms with van der Waals surface area (Å²) in [7, 11) is 0. The molecule has 2 saturated carbocycles. The van der Waals surface area contributed by atoms with Crippen LogP contribution in [0.1, 0.15) is 47.2 Å². The zero-order valence-electron chi connectivity index (χ0n) is 36.6. The molecule has 6 rings (SSSR count). The first-order chi connectivity index (χ1) is 32.3. The maximum Gasteiger partial charge on any atom is 2.00 e. The second-order valence-corrected chi connectivity index (χ2v) is 16.8.